The van der Waals surface area contributed by atoms with Gasteiger partial charge in [0.15, 0.2) is 0 Å². The van der Waals surface area contributed by atoms with Crippen molar-refractivity contribution in [1.82, 2.24) is 5.32 Å². The predicted molar refractivity (Wildman–Crippen MR) is 80.0 cm³/mol. The number of likely N-dealkylation sites (N-methyl/N-ethyl adjacent to an activating group) is 1. The average molecular weight is 259 g/mol. The molecule has 0 unspecified atom stereocenters. The summed E-state index contributed by atoms with van der Waals surface area (Å²) in [5, 5.41) is 2.75. The van der Waals surface area contributed by atoms with Crippen LogP contribution in [0.15, 0.2) is 24.3 Å². The van der Waals surface area contributed by atoms with E-state index < -0.39 is 0 Å². The summed E-state index contributed by atoms with van der Waals surface area (Å²) in [6.07, 6.45) is 5.86. The molecule has 0 aliphatic carbocycles. The van der Waals surface area contributed by atoms with Gasteiger partial charge in [-0.2, -0.15) is 0 Å². The van der Waals surface area contributed by atoms with Crippen LogP contribution in [0.2, 0.25) is 0 Å². The molecular weight excluding hydrogens is 238 g/mol. The molecule has 1 aliphatic rings. The minimum atomic E-state index is -0.0719. The van der Waals surface area contributed by atoms with E-state index in [-0.39, 0.29) is 5.91 Å². The largest absolute Gasteiger partial charge is 0.399 e. The van der Waals surface area contributed by atoms with Crippen LogP contribution in [0.25, 0.3) is 6.08 Å². The van der Waals surface area contributed by atoms with E-state index in [1.807, 2.05) is 31.2 Å². The molecule has 0 atom stereocenters. The van der Waals surface area contributed by atoms with Crippen LogP contribution in [-0.2, 0) is 4.79 Å². The van der Waals surface area contributed by atoms with Gasteiger partial charge >= 0.3 is 0 Å². The van der Waals surface area contributed by atoms with Crippen molar-refractivity contribution in [2.45, 2.75) is 19.8 Å². The highest BCUT2D eigenvalue weighted by Gasteiger charge is 2.14. The van der Waals surface area contributed by atoms with Crippen LogP contribution in [-0.4, -0.2) is 25.5 Å². The van der Waals surface area contributed by atoms with E-state index in [4.69, 9.17) is 5.73 Å². The number of nitrogens with zero attached hydrogens (tertiary/aromatic N) is 1. The Morgan fingerprint density at radius 2 is 2.16 bits per heavy atom. The fourth-order valence-corrected chi connectivity index (χ4v) is 2.35. The van der Waals surface area contributed by atoms with Gasteiger partial charge in [-0.1, -0.05) is 0 Å². The number of hydrogen-bond acceptors (Lipinski definition) is 3. The summed E-state index contributed by atoms with van der Waals surface area (Å²) in [5.41, 5.74) is 8.73. The smallest absolute Gasteiger partial charge is 0.243 e. The lowest BCUT2D eigenvalue weighted by molar-refractivity contribution is -0.116. The molecule has 1 fully saturated rings. The highest BCUT2D eigenvalue weighted by Crippen LogP contribution is 2.27. The van der Waals surface area contributed by atoms with Crippen LogP contribution in [0, 0.1) is 0 Å². The van der Waals surface area contributed by atoms with Gasteiger partial charge in [0.2, 0.25) is 5.91 Å². The van der Waals surface area contributed by atoms with Gasteiger partial charge < -0.3 is 16.0 Å². The SMILES string of the molecule is CCNC(=O)/C=C/c1cc(N)ccc1N1CCCC1. The van der Waals surface area contributed by atoms with Crippen molar-refractivity contribution in [2.24, 2.45) is 0 Å². The van der Waals surface area contributed by atoms with Gasteiger partial charge in [0, 0.05) is 42.6 Å². The third-order valence-corrected chi connectivity index (χ3v) is 3.26. The maximum Gasteiger partial charge on any atom is 0.243 e. The second kappa shape index (κ2) is 6.27. The minimum absolute atomic E-state index is 0.0719. The van der Waals surface area contributed by atoms with Crippen molar-refractivity contribution in [1.29, 1.82) is 0 Å². The Bertz CT molecular complexity index is 476. The van der Waals surface area contributed by atoms with Gasteiger partial charge in [0.1, 0.15) is 0 Å². The molecule has 0 bridgehead atoms. The standard InChI is InChI=1S/C15H21N3O/c1-2-17-15(19)8-5-12-11-13(16)6-7-14(12)18-9-3-4-10-18/h5-8,11H,2-4,9-10,16H2,1H3,(H,17,19)/b8-5+. The highest BCUT2D eigenvalue weighted by molar-refractivity contribution is 5.92. The lowest BCUT2D eigenvalue weighted by Gasteiger charge is -2.20. The van der Waals surface area contributed by atoms with Gasteiger partial charge in [0.05, 0.1) is 0 Å². The van der Waals surface area contributed by atoms with E-state index in [0.717, 1.165) is 30.0 Å². The van der Waals surface area contributed by atoms with Crippen LogP contribution in [0.4, 0.5) is 11.4 Å². The first-order valence-electron chi connectivity index (χ1n) is 6.81. The summed E-state index contributed by atoms with van der Waals surface area (Å²) in [6, 6.07) is 5.87. The van der Waals surface area contributed by atoms with Crippen LogP contribution >= 0.6 is 0 Å². The normalized spacial score (nSPS) is 15.1. The van der Waals surface area contributed by atoms with Crippen molar-refractivity contribution >= 4 is 23.4 Å². The third-order valence-electron chi connectivity index (χ3n) is 3.26. The number of nitrogen functional groups attached to an aromatic ring is 1. The molecule has 19 heavy (non-hydrogen) atoms. The molecule has 3 N–H and O–H groups in total. The molecular formula is C15H21N3O. The maximum absolute atomic E-state index is 11.5. The number of hydrogen-bond donors (Lipinski definition) is 2. The lowest BCUT2D eigenvalue weighted by Crippen LogP contribution is -2.20. The van der Waals surface area contributed by atoms with E-state index in [1.54, 1.807) is 6.08 Å². The number of carbonyl (C=O) groups is 1. The van der Waals surface area contributed by atoms with Crippen molar-refractivity contribution in [2.75, 3.05) is 30.3 Å². The maximum atomic E-state index is 11.5. The first-order valence-corrected chi connectivity index (χ1v) is 6.81. The summed E-state index contributed by atoms with van der Waals surface area (Å²) in [4.78, 5) is 13.8. The number of benzene rings is 1. The van der Waals surface area contributed by atoms with E-state index in [1.165, 1.54) is 12.8 Å². The topological polar surface area (TPSA) is 58.4 Å². The van der Waals surface area contributed by atoms with E-state index in [9.17, 15) is 4.79 Å². The lowest BCUT2D eigenvalue weighted by atomic mass is 10.1. The zero-order chi connectivity index (χ0) is 13.7. The highest BCUT2D eigenvalue weighted by atomic mass is 16.1. The van der Waals surface area contributed by atoms with Gasteiger partial charge in [0.25, 0.3) is 0 Å². The van der Waals surface area contributed by atoms with Gasteiger partial charge in [-0.15, -0.1) is 0 Å². The fourth-order valence-electron chi connectivity index (χ4n) is 2.35. The fraction of sp³-hybridized carbons (Fsp3) is 0.400. The Morgan fingerprint density at radius 1 is 1.42 bits per heavy atom. The Kier molecular flexibility index (Phi) is 4.44. The number of carbonyl (C=O) groups excluding carboxylic acids is 1. The molecule has 4 nitrogen and oxygen atoms in total. The number of amides is 1. The van der Waals surface area contributed by atoms with E-state index in [0.29, 0.717) is 6.54 Å². The van der Waals surface area contributed by atoms with Crippen molar-refractivity contribution in [3.8, 4) is 0 Å². The molecule has 0 spiro atoms. The van der Waals surface area contributed by atoms with Gasteiger partial charge in [-0.25, -0.2) is 0 Å². The number of nitrogens with two attached hydrogens (primary N) is 1. The summed E-state index contributed by atoms with van der Waals surface area (Å²) in [5.74, 6) is -0.0719. The molecule has 4 heteroatoms. The first kappa shape index (κ1) is 13.5. The molecule has 102 valence electrons. The van der Waals surface area contributed by atoms with E-state index >= 15 is 0 Å². The Morgan fingerprint density at radius 3 is 2.84 bits per heavy atom. The van der Waals surface area contributed by atoms with Crippen LogP contribution < -0.4 is 16.0 Å². The second-order valence-electron chi connectivity index (χ2n) is 4.74. The van der Waals surface area contributed by atoms with Crippen LogP contribution in [0.3, 0.4) is 0 Å². The summed E-state index contributed by atoms with van der Waals surface area (Å²) in [6.45, 7) is 4.69. The molecule has 0 radical (unpaired) electrons. The van der Waals surface area contributed by atoms with Gasteiger partial charge in [-0.3, -0.25) is 4.79 Å². The molecule has 0 aromatic heterocycles. The minimum Gasteiger partial charge on any atom is -0.399 e. The number of anilines is 2. The Hall–Kier alpha value is -1.97. The zero-order valence-corrected chi connectivity index (χ0v) is 11.4. The summed E-state index contributed by atoms with van der Waals surface area (Å²) >= 11 is 0. The van der Waals surface area contributed by atoms with Crippen LogP contribution in [0.5, 0.6) is 0 Å². The van der Waals surface area contributed by atoms with Crippen molar-refractivity contribution in [3.63, 3.8) is 0 Å². The third kappa shape index (κ3) is 3.50. The van der Waals surface area contributed by atoms with Crippen molar-refractivity contribution < 1.29 is 4.79 Å². The van der Waals surface area contributed by atoms with Gasteiger partial charge in [-0.05, 0) is 44.0 Å². The summed E-state index contributed by atoms with van der Waals surface area (Å²) in [7, 11) is 0. The van der Waals surface area contributed by atoms with E-state index in [2.05, 4.69) is 10.2 Å². The monoisotopic (exact) mass is 259 g/mol. The summed E-state index contributed by atoms with van der Waals surface area (Å²) < 4.78 is 0. The number of rotatable bonds is 4. The molecule has 1 aromatic carbocycles. The molecule has 0 saturated carbocycles. The zero-order valence-electron chi connectivity index (χ0n) is 11.4. The van der Waals surface area contributed by atoms with Crippen LogP contribution in [0.1, 0.15) is 25.3 Å². The molecule has 1 saturated heterocycles. The quantitative estimate of drug-likeness (QED) is 0.642. The molecule has 1 aromatic rings. The number of nitrogens with one attached hydrogen (secondary N) is 1. The Labute approximate surface area is 114 Å². The second-order valence-corrected chi connectivity index (χ2v) is 4.74. The molecule has 1 amide bonds. The molecule has 1 aliphatic heterocycles. The van der Waals surface area contributed by atoms with Crippen molar-refractivity contribution in [3.05, 3.63) is 29.8 Å². The molecule has 2 rings (SSSR count). The Balaban J connectivity index is 2.21. The first-order chi connectivity index (χ1) is 9.20. The average Bonchev–Trinajstić information content (AvgIpc) is 2.90. The predicted octanol–water partition coefficient (Wildman–Crippen LogP) is 2.02. The molecule has 1 heterocycles.